The number of fused-ring (bicyclic) bond motifs is 10. The Kier molecular flexibility index (Phi) is 5.39. The fourth-order valence-corrected chi connectivity index (χ4v) is 8.03. The molecular weight excluding hydrogens is 576 g/mol. The summed E-state index contributed by atoms with van der Waals surface area (Å²) in [7, 11) is 0. The number of allylic oxidation sites excluding steroid dienone is 1. The van der Waals surface area contributed by atoms with Gasteiger partial charge in [0, 0.05) is 38.3 Å². The maximum Gasteiger partial charge on any atom is 0.238 e. The Morgan fingerprint density at radius 3 is 2.36 bits per heavy atom. The molecule has 0 radical (unpaired) electrons. The number of benzene rings is 5. The van der Waals surface area contributed by atoms with E-state index in [-0.39, 0.29) is 11.3 Å². The number of aromatic nitrogens is 4. The van der Waals surface area contributed by atoms with Gasteiger partial charge in [0.05, 0.1) is 17.0 Å². The van der Waals surface area contributed by atoms with Gasteiger partial charge in [-0.15, -0.1) is 0 Å². The highest BCUT2D eigenvalue weighted by atomic mass is 16.3. The summed E-state index contributed by atoms with van der Waals surface area (Å²) in [5, 5.41) is 3.48. The molecule has 0 N–H and O–H groups in total. The van der Waals surface area contributed by atoms with Crippen LogP contribution in [0.1, 0.15) is 54.5 Å². The van der Waals surface area contributed by atoms with Crippen LogP contribution in [0.25, 0.3) is 67.3 Å². The Hall–Kier alpha value is -5.81. The topological polar surface area (TPSA) is 56.7 Å². The quantitative estimate of drug-likeness (QED) is 0.201. The van der Waals surface area contributed by atoms with E-state index in [1.807, 2.05) is 30.3 Å². The van der Waals surface area contributed by atoms with Crippen LogP contribution in [0.15, 0.2) is 126 Å². The lowest BCUT2D eigenvalue weighted by Crippen LogP contribution is -2.15. The van der Waals surface area contributed by atoms with Crippen molar-refractivity contribution in [2.45, 2.75) is 31.6 Å². The Morgan fingerprint density at radius 1 is 0.702 bits per heavy atom. The van der Waals surface area contributed by atoms with Gasteiger partial charge in [-0.2, -0.15) is 9.97 Å². The summed E-state index contributed by atoms with van der Waals surface area (Å²) in [5.41, 5.74) is 10.2. The van der Waals surface area contributed by atoms with Crippen LogP contribution in [-0.2, 0) is 5.41 Å². The van der Waals surface area contributed by atoms with Crippen LogP contribution in [-0.4, -0.2) is 19.5 Å². The summed E-state index contributed by atoms with van der Waals surface area (Å²) in [6, 6.07) is 40.6. The number of para-hydroxylation sites is 2. The molecule has 0 fully saturated rings. The SMILES string of the molecule is CC1(C)c2ccccc2-c2c1ccc1c3ccccc3n(-c3nc(-c4ccccc4)nc(C4CC=Cc5oc6ccccc6c54)n3)c21. The van der Waals surface area contributed by atoms with E-state index in [0.29, 0.717) is 11.8 Å². The molecule has 0 bridgehead atoms. The third-order valence-electron chi connectivity index (χ3n) is 10.2. The lowest BCUT2D eigenvalue weighted by molar-refractivity contribution is 0.585. The zero-order chi connectivity index (χ0) is 31.3. The molecule has 8 aromatic rings. The molecule has 0 saturated carbocycles. The van der Waals surface area contributed by atoms with Gasteiger partial charge in [0.1, 0.15) is 17.2 Å². The highest BCUT2D eigenvalue weighted by molar-refractivity contribution is 6.15. The van der Waals surface area contributed by atoms with E-state index in [1.54, 1.807) is 0 Å². The number of hydrogen-bond acceptors (Lipinski definition) is 4. The molecule has 0 aliphatic heterocycles. The van der Waals surface area contributed by atoms with Crippen molar-refractivity contribution >= 4 is 38.9 Å². The van der Waals surface area contributed by atoms with Crippen molar-refractivity contribution < 1.29 is 4.42 Å². The maximum atomic E-state index is 6.31. The van der Waals surface area contributed by atoms with Crippen LogP contribution in [0.3, 0.4) is 0 Å². The molecule has 224 valence electrons. The van der Waals surface area contributed by atoms with Crippen molar-refractivity contribution in [3.63, 3.8) is 0 Å². The van der Waals surface area contributed by atoms with Crippen molar-refractivity contribution in [2.75, 3.05) is 0 Å². The van der Waals surface area contributed by atoms with Crippen molar-refractivity contribution in [2.24, 2.45) is 0 Å². The molecule has 47 heavy (non-hydrogen) atoms. The predicted octanol–water partition coefficient (Wildman–Crippen LogP) is 10.2. The van der Waals surface area contributed by atoms with Crippen LogP contribution in [0.4, 0.5) is 0 Å². The van der Waals surface area contributed by atoms with Crippen molar-refractivity contribution in [1.82, 2.24) is 19.5 Å². The normalized spacial score (nSPS) is 16.1. The Labute approximate surface area is 271 Å². The molecule has 0 saturated heterocycles. The second kappa shape index (κ2) is 9.60. The second-order valence-corrected chi connectivity index (χ2v) is 13.2. The van der Waals surface area contributed by atoms with E-state index in [4.69, 9.17) is 19.4 Å². The van der Waals surface area contributed by atoms with Gasteiger partial charge in [-0.3, -0.25) is 4.57 Å². The van der Waals surface area contributed by atoms with Gasteiger partial charge in [0.25, 0.3) is 0 Å². The first-order valence-electron chi connectivity index (χ1n) is 16.2. The zero-order valence-corrected chi connectivity index (χ0v) is 26.1. The Balaban J connectivity index is 1.31. The monoisotopic (exact) mass is 606 g/mol. The van der Waals surface area contributed by atoms with Crippen molar-refractivity contribution in [1.29, 1.82) is 0 Å². The maximum absolute atomic E-state index is 6.31. The van der Waals surface area contributed by atoms with Gasteiger partial charge >= 0.3 is 0 Å². The van der Waals surface area contributed by atoms with Crippen LogP contribution in [0.2, 0.25) is 0 Å². The van der Waals surface area contributed by atoms with E-state index in [9.17, 15) is 0 Å². The summed E-state index contributed by atoms with van der Waals surface area (Å²) in [6.45, 7) is 4.66. The molecule has 10 rings (SSSR count). The third-order valence-corrected chi connectivity index (χ3v) is 10.2. The first kappa shape index (κ1) is 26.4. The number of nitrogens with zero attached hydrogens (tertiary/aromatic N) is 4. The lowest BCUT2D eigenvalue weighted by Gasteiger charge is -2.21. The average Bonchev–Trinajstić information content (AvgIpc) is 3.74. The summed E-state index contributed by atoms with van der Waals surface area (Å²) >= 11 is 0. The molecule has 2 aliphatic carbocycles. The van der Waals surface area contributed by atoms with Crippen LogP contribution in [0.5, 0.6) is 0 Å². The zero-order valence-electron chi connectivity index (χ0n) is 26.1. The number of furan rings is 1. The molecule has 1 atom stereocenters. The fraction of sp³-hybridized carbons (Fsp3) is 0.119. The number of rotatable bonds is 3. The molecular formula is C42H30N4O. The predicted molar refractivity (Wildman–Crippen MR) is 189 cm³/mol. The summed E-state index contributed by atoms with van der Waals surface area (Å²) in [4.78, 5) is 15.9. The molecule has 3 aromatic heterocycles. The van der Waals surface area contributed by atoms with Crippen LogP contribution in [0, 0.1) is 0 Å². The minimum absolute atomic E-state index is 0.0821. The van der Waals surface area contributed by atoms with Gasteiger partial charge in [-0.05, 0) is 41.3 Å². The average molecular weight is 607 g/mol. The molecule has 3 heterocycles. The van der Waals surface area contributed by atoms with Gasteiger partial charge < -0.3 is 4.42 Å². The highest BCUT2D eigenvalue weighted by Crippen LogP contribution is 2.52. The van der Waals surface area contributed by atoms with E-state index in [0.717, 1.165) is 51.1 Å². The smallest absolute Gasteiger partial charge is 0.238 e. The minimum Gasteiger partial charge on any atom is -0.456 e. The largest absolute Gasteiger partial charge is 0.456 e. The van der Waals surface area contributed by atoms with Crippen molar-refractivity contribution in [3.8, 4) is 28.5 Å². The molecule has 0 amide bonds. The first-order chi connectivity index (χ1) is 23.1. The third kappa shape index (κ3) is 3.68. The van der Waals surface area contributed by atoms with Crippen molar-refractivity contribution in [3.05, 3.63) is 150 Å². The van der Waals surface area contributed by atoms with Crippen LogP contribution < -0.4 is 0 Å². The van der Waals surface area contributed by atoms with E-state index in [2.05, 4.69) is 115 Å². The number of hydrogen-bond donors (Lipinski definition) is 0. The molecule has 0 spiro atoms. The fourth-order valence-electron chi connectivity index (χ4n) is 8.03. The first-order valence-corrected chi connectivity index (χ1v) is 16.2. The summed E-state index contributed by atoms with van der Waals surface area (Å²) in [6.07, 6.45) is 5.03. The highest BCUT2D eigenvalue weighted by Gasteiger charge is 2.38. The summed E-state index contributed by atoms with van der Waals surface area (Å²) in [5.74, 6) is 2.82. The minimum atomic E-state index is -0.131. The molecule has 5 nitrogen and oxygen atoms in total. The molecule has 2 aliphatic rings. The summed E-state index contributed by atoms with van der Waals surface area (Å²) < 4.78 is 8.60. The van der Waals surface area contributed by atoms with Gasteiger partial charge in [0.15, 0.2) is 5.82 Å². The van der Waals surface area contributed by atoms with Gasteiger partial charge in [-0.1, -0.05) is 123 Å². The van der Waals surface area contributed by atoms with Crippen LogP contribution >= 0.6 is 0 Å². The molecule has 5 aromatic carbocycles. The standard InChI is InChI=1S/C42H30N4O/c1-42(2)31-19-9-6-16-28(31)37-32(42)24-23-27-26-15-7-10-20-33(26)46(38(27)37)41-44-39(25-13-4-3-5-14-25)43-40(45-41)30-18-12-22-35-36(30)29-17-8-11-21-34(29)47-35/h3-17,19-24,30H,18H2,1-2H3. The van der Waals surface area contributed by atoms with E-state index >= 15 is 0 Å². The lowest BCUT2D eigenvalue weighted by atomic mass is 9.82. The molecule has 5 heteroatoms. The van der Waals surface area contributed by atoms with E-state index in [1.165, 1.54) is 33.0 Å². The van der Waals surface area contributed by atoms with Gasteiger partial charge in [-0.25, -0.2) is 4.98 Å². The molecule has 1 unspecified atom stereocenters. The Morgan fingerprint density at radius 2 is 1.47 bits per heavy atom. The second-order valence-electron chi connectivity index (χ2n) is 13.2. The Bertz CT molecular complexity index is 2590. The van der Waals surface area contributed by atoms with Gasteiger partial charge in [0.2, 0.25) is 5.95 Å². The van der Waals surface area contributed by atoms with E-state index < -0.39 is 0 Å².